The Balaban J connectivity index is 1.41. The summed E-state index contributed by atoms with van der Waals surface area (Å²) in [5, 5.41) is 72.5. The normalized spacial score (nSPS) is 32.5. The fourth-order valence-corrected chi connectivity index (χ4v) is 6.05. The minimum absolute atomic E-state index is 0.00885. The van der Waals surface area contributed by atoms with E-state index in [-0.39, 0.29) is 45.5 Å². The lowest BCUT2D eigenvalue weighted by molar-refractivity contribution is -0.364. The Morgan fingerprint density at radius 2 is 1.15 bits per heavy atom. The van der Waals surface area contributed by atoms with Gasteiger partial charge >= 0.3 is 0 Å². The van der Waals surface area contributed by atoms with Crippen LogP contribution in [0.1, 0.15) is 6.92 Å². The number of carbonyl (C=O) groups is 1. The van der Waals surface area contributed by atoms with E-state index in [1.165, 1.54) is 11.8 Å². The van der Waals surface area contributed by atoms with Gasteiger partial charge in [0.1, 0.15) is 61.0 Å². The molecule has 61 heavy (non-hydrogen) atoms. The number of aliphatic hydroxyl groups is 7. The first-order valence-electron chi connectivity index (χ1n) is 20.4. The van der Waals surface area contributed by atoms with Crippen molar-refractivity contribution in [3.8, 4) is 0 Å². The Morgan fingerprint density at radius 1 is 0.672 bits per heavy atom. The molecule has 11 atom stereocenters. The number of hydrogen-bond acceptors (Lipinski definition) is 22. The van der Waals surface area contributed by atoms with Crippen LogP contribution < -0.4 is 0 Å². The summed E-state index contributed by atoms with van der Waals surface area (Å²) in [5.74, 6) is -1.87. The maximum absolute atomic E-state index is 12.5. The summed E-state index contributed by atoms with van der Waals surface area (Å²) in [4.78, 5) is 13.9. The van der Waals surface area contributed by atoms with Crippen molar-refractivity contribution in [3.05, 3.63) is 12.7 Å². The second kappa shape index (κ2) is 29.7. The van der Waals surface area contributed by atoms with Crippen LogP contribution in [0.4, 0.5) is 0 Å². The van der Waals surface area contributed by atoms with E-state index < -0.39 is 92.6 Å². The van der Waals surface area contributed by atoms with Crippen LogP contribution in [0.5, 0.6) is 0 Å². The highest BCUT2D eigenvalue weighted by atomic mass is 16.8. The first-order valence-corrected chi connectivity index (χ1v) is 20.4. The molecule has 3 aliphatic heterocycles. The van der Waals surface area contributed by atoms with E-state index in [1.807, 2.05) is 0 Å². The van der Waals surface area contributed by atoms with Crippen LogP contribution in [-0.4, -0.2) is 266 Å². The number of carbonyl (C=O) groups excluding carboxylic acids is 1. The number of ether oxygens (including phenoxy) is 14. The summed E-state index contributed by atoms with van der Waals surface area (Å²) < 4.78 is 78.5. The number of nitrogens with zero attached hydrogens (tertiary/aromatic N) is 1. The molecule has 3 heterocycles. The van der Waals surface area contributed by atoms with Gasteiger partial charge in [-0.15, -0.1) is 6.58 Å². The van der Waals surface area contributed by atoms with Crippen molar-refractivity contribution < 1.29 is 107 Å². The monoisotopic (exact) mass is 891 g/mol. The van der Waals surface area contributed by atoms with Crippen molar-refractivity contribution in [1.29, 1.82) is 0 Å². The highest BCUT2D eigenvalue weighted by Crippen LogP contribution is 2.30. The predicted molar refractivity (Wildman–Crippen MR) is 206 cm³/mol. The molecule has 358 valence electrons. The topological polar surface area (TPSA) is 291 Å². The third kappa shape index (κ3) is 18.4. The van der Waals surface area contributed by atoms with Gasteiger partial charge in [0.2, 0.25) is 5.79 Å². The van der Waals surface area contributed by atoms with Crippen molar-refractivity contribution in [1.82, 2.24) is 4.90 Å². The van der Waals surface area contributed by atoms with Gasteiger partial charge < -0.3 is 107 Å². The SMILES string of the molecule is C=CCOCCOCCOCCOCCOCCOCCOC[C@H](COC1COC(C)(C(=O)N(C)C)OC1)O[C@@H]1O[C@H](CO)[C@@H](O[C@@H]2O[C@H](CO)[C@H](O)[C@H](O)[C@H]2O)[C@H](O)[C@H]1O. The first kappa shape index (κ1) is 53.7. The molecule has 0 aliphatic carbocycles. The third-order valence-electron chi connectivity index (χ3n) is 9.46. The molecule has 1 amide bonds. The van der Waals surface area contributed by atoms with E-state index in [9.17, 15) is 40.5 Å². The first-order chi connectivity index (χ1) is 29.4. The van der Waals surface area contributed by atoms with Crippen molar-refractivity contribution in [3.63, 3.8) is 0 Å². The summed E-state index contributed by atoms with van der Waals surface area (Å²) >= 11 is 0. The third-order valence-corrected chi connectivity index (χ3v) is 9.46. The fraction of sp³-hybridized carbons (Fsp3) is 0.921. The maximum atomic E-state index is 12.5. The van der Waals surface area contributed by atoms with E-state index in [2.05, 4.69) is 6.58 Å². The molecule has 0 aromatic carbocycles. The summed E-state index contributed by atoms with van der Waals surface area (Å²) in [7, 11) is 3.16. The summed E-state index contributed by atoms with van der Waals surface area (Å²) in [6.45, 7) is 8.34. The van der Waals surface area contributed by atoms with Gasteiger partial charge in [-0.3, -0.25) is 4.79 Å². The van der Waals surface area contributed by atoms with E-state index >= 15 is 0 Å². The van der Waals surface area contributed by atoms with E-state index in [0.717, 1.165) is 0 Å². The molecule has 0 radical (unpaired) electrons. The zero-order valence-electron chi connectivity index (χ0n) is 35.3. The highest BCUT2D eigenvalue weighted by molar-refractivity contribution is 5.82. The Morgan fingerprint density at radius 3 is 1.64 bits per heavy atom. The van der Waals surface area contributed by atoms with E-state index in [0.29, 0.717) is 72.7 Å². The van der Waals surface area contributed by atoms with Crippen molar-refractivity contribution in [2.24, 2.45) is 0 Å². The predicted octanol–water partition coefficient (Wildman–Crippen LogP) is -4.47. The molecule has 0 unspecified atom stereocenters. The minimum Gasteiger partial charge on any atom is -0.394 e. The maximum Gasteiger partial charge on any atom is 0.282 e. The van der Waals surface area contributed by atoms with Crippen LogP contribution in [0.3, 0.4) is 0 Å². The van der Waals surface area contributed by atoms with E-state index in [4.69, 9.17) is 66.3 Å². The number of aliphatic hydroxyl groups excluding tert-OH is 7. The lowest BCUT2D eigenvalue weighted by atomic mass is 9.97. The lowest BCUT2D eigenvalue weighted by Gasteiger charge is -2.46. The second-order valence-corrected chi connectivity index (χ2v) is 14.5. The van der Waals surface area contributed by atoms with Gasteiger partial charge in [-0.1, -0.05) is 6.08 Å². The molecule has 23 nitrogen and oxygen atoms in total. The molecular weight excluding hydrogens is 822 g/mol. The molecule has 3 rings (SSSR count). The van der Waals surface area contributed by atoms with Crippen molar-refractivity contribution in [2.45, 2.75) is 86.3 Å². The molecule has 0 saturated carbocycles. The Hall–Kier alpha value is -1.63. The van der Waals surface area contributed by atoms with Gasteiger partial charge in [-0.25, -0.2) is 0 Å². The largest absolute Gasteiger partial charge is 0.394 e. The standard InChI is InChI=1S/C38H69NO22/c1-5-6-48-7-8-49-9-10-50-11-12-51-13-14-52-15-16-53-17-18-54-21-26(22-55-25-23-56-38(2,57-24-25)37(47)39(3)4)58-35-33(46)31(44)34(28(20-41)60-35)61-36-32(45)30(43)29(42)27(19-40)59-36/h5,25-36,40-46H,1,6-24H2,2-4H3/t25?,26-,27-,28-,29+,30+,31-,32-,33-,34-,35-,36+,38?/m1/s1. The molecular formula is C38H69NO22. The summed E-state index contributed by atoms with van der Waals surface area (Å²) in [5.41, 5.74) is 0. The zero-order valence-corrected chi connectivity index (χ0v) is 35.3. The molecule has 3 saturated heterocycles. The number of rotatable bonds is 32. The Labute approximate surface area is 356 Å². The summed E-state index contributed by atoms with van der Waals surface area (Å²) in [6.07, 6.45) is -16.1. The van der Waals surface area contributed by atoms with Crippen molar-refractivity contribution in [2.75, 3.05) is 140 Å². The van der Waals surface area contributed by atoms with Crippen molar-refractivity contribution >= 4 is 5.91 Å². The fourth-order valence-electron chi connectivity index (χ4n) is 6.05. The number of hydrogen-bond donors (Lipinski definition) is 7. The van der Waals surface area contributed by atoms with Gasteiger partial charge in [-0.2, -0.15) is 0 Å². The molecule has 23 heteroatoms. The average Bonchev–Trinajstić information content (AvgIpc) is 3.25. The quantitative estimate of drug-likeness (QED) is 0.0248. The number of likely N-dealkylation sites (N-methyl/N-ethyl adjacent to an activating group) is 1. The molecule has 3 aliphatic rings. The minimum atomic E-state index is -1.82. The Kier molecular flexibility index (Phi) is 26.2. The van der Waals surface area contributed by atoms with Gasteiger partial charge in [-0.05, 0) is 6.92 Å². The van der Waals surface area contributed by atoms with Crippen LogP contribution in [0.2, 0.25) is 0 Å². The van der Waals surface area contributed by atoms with Crippen LogP contribution in [-0.2, 0) is 71.1 Å². The average molecular weight is 892 g/mol. The number of amides is 1. The van der Waals surface area contributed by atoms with E-state index in [1.54, 1.807) is 20.2 Å². The molecule has 0 aromatic rings. The van der Waals surface area contributed by atoms with Crippen LogP contribution in [0.25, 0.3) is 0 Å². The molecule has 0 aromatic heterocycles. The smallest absolute Gasteiger partial charge is 0.282 e. The van der Waals surface area contributed by atoms with Gasteiger partial charge in [0.25, 0.3) is 5.91 Å². The highest BCUT2D eigenvalue weighted by Gasteiger charge is 2.51. The molecule has 7 N–H and O–H groups in total. The molecule has 0 spiro atoms. The molecule has 0 bridgehead atoms. The molecule has 3 fully saturated rings. The van der Waals surface area contributed by atoms with Gasteiger partial charge in [0.15, 0.2) is 12.6 Å². The Bertz CT molecular complexity index is 1160. The van der Waals surface area contributed by atoms with Gasteiger partial charge in [0, 0.05) is 14.1 Å². The van der Waals surface area contributed by atoms with Crippen LogP contribution >= 0.6 is 0 Å². The zero-order chi connectivity index (χ0) is 44.6. The van der Waals surface area contributed by atoms with Gasteiger partial charge in [0.05, 0.1) is 126 Å². The second-order valence-electron chi connectivity index (χ2n) is 14.5. The van der Waals surface area contributed by atoms with Crippen LogP contribution in [0, 0.1) is 0 Å². The lowest BCUT2D eigenvalue weighted by Crippen LogP contribution is -2.65. The van der Waals surface area contributed by atoms with Crippen LogP contribution in [0.15, 0.2) is 12.7 Å². The summed E-state index contributed by atoms with van der Waals surface area (Å²) in [6, 6.07) is 0.